The zero-order chi connectivity index (χ0) is 23.9. The Labute approximate surface area is 202 Å². The van der Waals surface area contributed by atoms with Crippen LogP contribution in [0.2, 0.25) is 0 Å². The topological polar surface area (TPSA) is 95.2 Å². The van der Waals surface area contributed by atoms with Crippen LogP contribution < -0.4 is 10.2 Å². The second kappa shape index (κ2) is 8.48. The Morgan fingerprint density at radius 1 is 0.971 bits per heavy atom. The number of H-pyrrole nitrogens is 1. The fourth-order valence-corrected chi connectivity index (χ4v) is 4.42. The van der Waals surface area contributed by atoms with Gasteiger partial charge in [-0.05, 0) is 30.7 Å². The van der Waals surface area contributed by atoms with Crippen molar-refractivity contribution in [3.8, 4) is 22.3 Å². The molecule has 0 saturated heterocycles. The number of pyridine rings is 2. The Bertz CT molecular complexity index is 1560. The molecule has 0 unspecified atom stereocenters. The molecule has 1 aromatic carbocycles. The van der Waals surface area contributed by atoms with Crippen LogP contribution in [0.1, 0.15) is 22.6 Å². The summed E-state index contributed by atoms with van der Waals surface area (Å²) in [5.74, 6) is 0.725. The summed E-state index contributed by atoms with van der Waals surface area (Å²) >= 11 is 0. The average molecular weight is 464 g/mol. The number of aromatic nitrogens is 4. The molecule has 0 saturated carbocycles. The number of nitrogens with zero attached hydrogens (tertiary/aromatic N) is 5. The molecule has 35 heavy (non-hydrogen) atoms. The van der Waals surface area contributed by atoms with Gasteiger partial charge in [0.05, 0.1) is 47.8 Å². The monoisotopic (exact) mass is 463 g/mol. The third kappa shape index (κ3) is 3.77. The minimum absolute atomic E-state index is 0.489. The largest absolute Gasteiger partial charge is 0.472 e. The first-order chi connectivity index (χ1) is 17.1. The van der Waals surface area contributed by atoms with Gasteiger partial charge in [0.2, 0.25) is 0 Å². The quantitative estimate of drug-likeness (QED) is 0.406. The molecule has 5 heterocycles. The lowest BCUT2D eigenvalue weighted by Gasteiger charge is -2.14. The van der Waals surface area contributed by atoms with Crippen molar-refractivity contribution < 1.29 is 4.42 Å². The van der Waals surface area contributed by atoms with Crippen LogP contribution >= 0.6 is 0 Å². The van der Waals surface area contributed by atoms with Gasteiger partial charge in [-0.1, -0.05) is 12.1 Å². The van der Waals surface area contributed by atoms with Crippen LogP contribution in [0.25, 0.3) is 33.3 Å². The minimum atomic E-state index is 0.489. The van der Waals surface area contributed by atoms with E-state index in [2.05, 4.69) is 46.5 Å². The van der Waals surface area contributed by atoms with E-state index in [-0.39, 0.29) is 0 Å². The second-order valence-corrected chi connectivity index (χ2v) is 8.89. The molecule has 1 aliphatic heterocycles. The average Bonchev–Trinajstić information content (AvgIpc) is 3.52. The second-order valence-electron chi connectivity index (χ2n) is 8.89. The molecule has 4 aromatic heterocycles. The molecule has 0 amide bonds. The number of fused-ring (bicyclic) bond motifs is 2. The summed E-state index contributed by atoms with van der Waals surface area (Å²) in [5.41, 5.74) is 10.8. The molecule has 6 rings (SSSR count). The number of benzene rings is 1. The smallest absolute Gasteiger partial charge is 0.157 e. The van der Waals surface area contributed by atoms with Gasteiger partial charge in [0.15, 0.2) is 5.82 Å². The summed E-state index contributed by atoms with van der Waals surface area (Å²) in [6, 6.07) is 10.4. The zero-order valence-electron chi connectivity index (χ0n) is 19.8. The van der Waals surface area contributed by atoms with Crippen molar-refractivity contribution in [2.45, 2.75) is 13.5 Å². The lowest BCUT2D eigenvalue weighted by Crippen LogP contribution is -2.12. The van der Waals surface area contributed by atoms with Crippen molar-refractivity contribution >= 4 is 22.4 Å². The maximum atomic E-state index is 5.33. The molecule has 0 fully saturated rings. The van der Waals surface area contributed by atoms with Crippen LogP contribution in [-0.4, -0.2) is 46.4 Å². The maximum Gasteiger partial charge on any atom is 0.157 e. The Hall–Kier alpha value is -4.30. The van der Waals surface area contributed by atoms with Crippen LogP contribution in [-0.2, 0) is 6.54 Å². The van der Waals surface area contributed by atoms with E-state index >= 15 is 0 Å². The van der Waals surface area contributed by atoms with Crippen molar-refractivity contribution in [1.82, 2.24) is 25.3 Å². The number of aliphatic imine (C=N–C) groups is 1. The Morgan fingerprint density at radius 2 is 1.86 bits per heavy atom. The number of aryl methyl sites for hydroxylation is 1. The van der Waals surface area contributed by atoms with Gasteiger partial charge in [-0.3, -0.25) is 20.3 Å². The van der Waals surface area contributed by atoms with Crippen LogP contribution in [0, 0.1) is 6.92 Å². The number of aromatic amines is 1. The van der Waals surface area contributed by atoms with E-state index in [1.54, 1.807) is 12.5 Å². The van der Waals surface area contributed by atoms with Gasteiger partial charge >= 0.3 is 0 Å². The molecule has 5 aromatic rings. The lowest BCUT2D eigenvalue weighted by molar-refractivity contribution is 0.568. The first-order valence-corrected chi connectivity index (χ1v) is 11.5. The SMILES string of the molecule is Cc1ccc(-c2ccoc2)c2[nH]c(C3=NCNCc4ncc(-c5cncc(N(C)C)c5)cc43)nc12. The summed E-state index contributed by atoms with van der Waals surface area (Å²) in [6.45, 7) is 3.20. The van der Waals surface area contributed by atoms with Gasteiger partial charge in [0.1, 0.15) is 5.71 Å². The van der Waals surface area contributed by atoms with Crippen LogP contribution in [0.4, 0.5) is 5.69 Å². The highest BCUT2D eigenvalue weighted by Gasteiger charge is 2.21. The van der Waals surface area contributed by atoms with Gasteiger partial charge in [0.25, 0.3) is 0 Å². The molecule has 2 N–H and O–H groups in total. The van der Waals surface area contributed by atoms with E-state index in [1.165, 1.54) is 0 Å². The highest BCUT2D eigenvalue weighted by atomic mass is 16.3. The number of rotatable bonds is 4. The summed E-state index contributed by atoms with van der Waals surface area (Å²) in [5, 5.41) is 3.34. The molecular formula is C27H25N7O. The van der Waals surface area contributed by atoms with Gasteiger partial charge in [-0.15, -0.1) is 0 Å². The predicted molar refractivity (Wildman–Crippen MR) is 138 cm³/mol. The number of imidazole rings is 1. The Balaban J connectivity index is 1.50. The van der Waals surface area contributed by atoms with Crippen molar-refractivity contribution in [3.05, 3.63) is 84.1 Å². The van der Waals surface area contributed by atoms with E-state index in [9.17, 15) is 0 Å². The lowest BCUT2D eigenvalue weighted by atomic mass is 10.0. The number of nitrogens with one attached hydrogen (secondary N) is 2. The van der Waals surface area contributed by atoms with Gasteiger partial charge in [0, 0.05) is 60.9 Å². The van der Waals surface area contributed by atoms with Gasteiger partial charge < -0.3 is 14.3 Å². The first-order valence-electron chi connectivity index (χ1n) is 11.5. The molecule has 8 nitrogen and oxygen atoms in total. The Morgan fingerprint density at radius 3 is 2.69 bits per heavy atom. The fourth-order valence-electron chi connectivity index (χ4n) is 4.42. The normalized spacial score (nSPS) is 13.4. The standard InChI is InChI=1S/C27H25N7O/c1-16-4-5-21(17-6-7-35-14-17)25-24(16)32-27(33-25)26-22-9-19(11-30-23(22)13-29-15-31-26)18-8-20(34(2)3)12-28-10-18/h4-12,14,29H,13,15H2,1-3H3,(H,32,33). The summed E-state index contributed by atoms with van der Waals surface area (Å²) < 4.78 is 5.33. The third-order valence-corrected chi connectivity index (χ3v) is 6.34. The molecule has 1 aliphatic rings. The molecular weight excluding hydrogens is 438 g/mol. The van der Waals surface area contributed by atoms with Crippen molar-refractivity contribution in [2.24, 2.45) is 4.99 Å². The summed E-state index contributed by atoms with van der Waals surface area (Å²) in [6.07, 6.45) is 9.05. The highest BCUT2D eigenvalue weighted by Crippen LogP contribution is 2.31. The molecule has 0 radical (unpaired) electrons. The summed E-state index contributed by atoms with van der Waals surface area (Å²) in [7, 11) is 4.02. The molecule has 0 aliphatic carbocycles. The Kier molecular flexibility index (Phi) is 5.15. The molecule has 0 bridgehead atoms. The number of anilines is 1. The van der Waals surface area contributed by atoms with Crippen molar-refractivity contribution in [2.75, 3.05) is 25.7 Å². The molecule has 8 heteroatoms. The summed E-state index contributed by atoms with van der Waals surface area (Å²) in [4.78, 5) is 24.7. The van der Waals surface area contributed by atoms with Crippen LogP contribution in [0.15, 0.2) is 70.9 Å². The van der Waals surface area contributed by atoms with Gasteiger partial charge in [-0.25, -0.2) is 4.98 Å². The number of hydrogen-bond acceptors (Lipinski definition) is 7. The van der Waals surface area contributed by atoms with E-state index in [4.69, 9.17) is 19.4 Å². The fraction of sp³-hybridized carbons (Fsp3) is 0.185. The molecule has 174 valence electrons. The van der Waals surface area contributed by atoms with Crippen LogP contribution in [0.3, 0.4) is 0 Å². The molecule has 0 spiro atoms. The van der Waals surface area contributed by atoms with E-state index in [1.807, 2.05) is 43.7 Å². The molecule has 0 atom stereocenters. The number of furan rings is 1. The zero-order valence-corrected chi connectivity index (χ0v) is 19.8. The van der Waals surface area contributed by atoms with Gasteiger partial charge in [-0.2, -0.15) is 0 Å². The predicted octanol–water partition coefficient (Wildman–Crippen LogP) is 4.55. The third-order valence-electron chi connectivity index (χ3n) is 6.34. The van der Waals surface area contributed by atoms with E-state index < -0.39 is 0 Å². The van der Waals surface area contributed by atoms with Crippen molar-refractivity contribution in [3.63, 3.8) is 0 Å². The number of hydrogen-bond donors (Lipinski definition) is 2. The highest BCUT2D eigenvalue weighted by molar-refractivity contribution is 6.13. The van der Waals surface area contributed by atoms with Crippen molar-refractivity contribution in [1.29, 1.82) is 0 Å². The van der Waals surface area contributed by atoms with E-state index in [0.29, 0.717) is 13.2 Å². The van der Waals surface area contributed by atoms with Crippen LogP contribution in [0.5, 0.6) is 0 Å². The first kappa shape index (κ1) is 21.2. The maximum absolute atomic E-state index is 5.33. The van der Waals surface area contributed by atoms with E-state index in [0.717, 1.165) is 67.3 Å². The minimum Gasteiger partial charge on any atom is -0.472 e.